The van der Waals surface area contributed by atoms with Gasteiger partial charge in [-0.1, -0.05) is 62.4 Å². The second-order valence-corrected chi connectivity index (χ2v) is 10.1. The van der Waals surface area contributed by atoms with Gasteiger partial charge in [0.2, 0.25) is 5.69 Å². The maximum absolute atomic E-state index is 9.67. The number of benzene rings is 3. The van der Waals surface area contributed by atoms with Gasteiger partial charge in [-0.25, -0.2) is 0 Å². The van der Waals surface area contributed by atoms with Crippen LogP contribution in [0.4, 0.5) is 24.3 Å². The molecule has 0 fully saturated rings. The monoisotopic (exact) mass is 475 g/mol. The van der Waals surface area contributed by atoms with E-state index in [1.807, 2.05) is 0 Å². The van der Waals surface area contributed by atoms with Crippen molar-refractivity contribution in [2.45, 2.75) is 38.5 Å². The van der Waals surface area contributed by atoms with Crippen LogP contribution >= 0.6 is 0 Å². The summed E-state index contributed by atoms with van der Waals surface area (Å²) in [7, 11) is 0.699. The van der Waals surface area contributed by atoms with Crippen LogP contribution in [0.25, 0.3) is 10.8 Å². The van der Waals surface area contributed by atoms with Crippen molar-refractivity contribution in [3.8, 4) is 0 Å². The fourth-order valence-electron chi connectivity index (χ4n) is 5.73. The predicted molar refractivity (Wildman–Crippen MR) is 142 cm³/mol. The third-order valence-corrected chi connectivity index (χ3v) is 7.34. The van der Waals surface area contributed by atoms with E-state index >= 15 is 0 Å². The molecule has 0 unspecified atom stereocenters. The van der Waals surface area contributed by atoms with E-state index in [2.05, 4.69) is 130 Å². The Hall–Kier alpha value is -3.28. The molecule has 5 rings (SSSR count). The topological polar surface area (TPSA) is 6.25 Å². The van der Waals surface area contributed by atoms with Crippen molar-refractivity contribution in [2.75, 3.05) is 19.0 Å². The van der Waals surface area contributed by atoms with Crippen molar-refractivity contribution in [1.82, 2.24) is 0 Å². The molecule has 180 valence electrons. The van der Waals surface area contributed by atoms with Gasteiger partial charge in [0.05, 0.1) is 5.41 Å². The van der Waals surface area contributed by atoms with E-state index in [4.69, 9.17) is 0 Å². The van der Waals surface area contributed by atoms with Gasteiger partial charge < -0.3 is 4.90 Å². The highest BCUT2D eigenvalue weighted by Crippen LogP contribution is 2.47. The van der Waals surface area contributed by atoms with Gasteiger partial charge in [-0.05, 0) is 48.4 Å². The molecule has 2 aliphatic rings. The lowest BCUT2D eigenvalue weighted by Gasteiger charge is -2.23. The van der Waals surface area contributed by atoms with Gasteiger partial charge in [0.25, 0.3) is 0 Å². The molecule has 0 aromatic heterocycles. The van der Waals surface area contributed by atoms with Crippen molar-refractivity contribution in [2.24, 2.45) is 0 Å². The van der Waals surface area contributed by atoms with E-state index in [1.54, 1.807) is 0 Å². The molecule has 3 aromatic carbocycles. The average molecular weight is 475 g/mol. The fraction of sp³-hybridized carbons (Fsp3) is 0.276. The molecule has 0 spiro atoms. The molecule has 0 saturated heterocycles. The molecule has 6 heteroatoms. The maximum atomic E-state index is 9.67. The van der Waals surface area contributed by atoms with Crippen LogP contribution in [0.3, 0.4) is 0 Å². The molecule has 0 atom stereocenters. The largest absolute Gasteiger partial charge is 0.762 e. The number of anilines is 1. The molecule has 0 N–H and O–H groups in total. The lowest BCUT2D eigenvalue weighted by atomic mass is 9.79. The van der Waals surface area contributed by atoms with Crippen LogP contribution in [0.2, 0.25) is 0 Å². The first-order valence-corrected chi connectivity index (χ1v) is 11.8. The van der Waals surface area contributed by atoms with Crippen molar-refractivity contribution in [3.05, 3.63) is 95.7 Å². The summed E-state index contributed by atoms with van der Waals surface area (Å²) in [5, 5.41) is 2.66. The van der Waals surface area contributed by atoms with Gasteiger partial charge in [0, 0.05) is 41.6 Å². The van der Waals surface area contributed by atoms with E-state index in [9.17, 15) is 12.9 Å². The zero-order valence-electron chi connectivity index (χ0n) is 21.1. The summed E-state index contributed by atoms with van der Waals surface area (Å²) in [5.41, 5.74) is 8.02. The minimum atomic E-state index is -3.67. The number of hydrogen-bond acceptors (Lipinski definition) is 1. The van der Waals surface area contributed by atoms with Crippen LogP contribution in [0.1, 0.15) is 38.8 Å². The molecule has 2 heterocycles. The summed E-state index contributed by atoms with van der Waals surface area (Å²) in [4.78, 5) is 2.33. The SMILES string of the molecule is CN1C(=CC=CC2=[N+](C)c3ccc4ccccc4c3C2(C)C)C(C)(C)c2ccccc21.FB(F)F. The Kier molecular flexibility index (Phi) is 6.43. The lowest BCUT2D eigenvalue weighted by Crippen LogP contribution is -2.27. The van der Waals surface area contributed by atoms with Crippen molar-refractivity contribution in [3.63, 3.8) is 0 Å². The molecular formula is C29H31BF3N2+. The van der Waals surface area contributed by atoms with Crippen molar-refractivity contribution < 1.29 is 17.5 Å². The Bertz CT molecular complexity index is 1370. The highest BCUT2D eigenvalue weighted by molar-refractivity contribution is 6.33. The summed E-state index contributed by atoms with van der Waals surface area (Å²) in [6.07, 6.45) is 6.83. The van der Waals surface area contributed by atoms with Gasteiger partial charge in [-0.15, -0.1) is 0 Å². The van der Waals surface area contributed by atoms with Crippen LogP contribution < -0.4 is 4.90 Å². The van der Waals surface area contributed by atoms with Crippen LogP contribution in [0.15, 0.2) is 84.6 Å². The van der Waals surface area contributed by atoms with Crippen molar-refractivity contribution in [1.29, 1.82) is 0 Å². The number of rotatable bonds is 2. The molecular weight excluding hydrogens is 444 g/mol. The highest BCUT2D eigenvalue weighted by atomic mass is 19.4. The van der Waals surface area contributed by atoms with Crippen molar-refractivity contribution >= 4 is 35.4 Å². The van der Waals surface area contributed by atoms with Gasteiger partial charge in [-0.2, -0.15) is 4.58 Å². The predicted octanol–water partition coefficient (Wildman–Crippen LogP) is 7.59. The molecule has 0 amide bonds. The first kappa shape index (κ1) is 24.8. The Labute approximate surface area is 206 Å². The zero-order valence-corrected chi connectivity index (χ0v) is 21.1. The standard InChI is InChI=1S/C29H31N2.BF3/c1-28(2)22-14-9-10-15-23(22)30(5)25(28)16-11-17-26-29(3,4)27-21-13-8-7-12-20(21)18-19-24(27)31(26)6;2-1(3)4/h7-19H,1-6H3;/q+1;. The van der Waals surface area contributed by atoms with E-state index in [-0.39, 0.29) is 10.8 Å². The molecule has 2 aliphatic heterocycles. The summed E-state index contributed by atoms with van der Waals surface area (Å²) >= 11 is 0. The number of halogens is 3. The number of nitrogens with zero attached hydrogens (tertiary/aromatic N) is 2. The molecule has 35 heavy (non-hydrogen) atoms. The number of fused-ring (bicyclic) bond motifs is 4. The molecule has 3 aromatic rings. The van der Waals surface area contributed by atoms with Crippen LogP contribution in [-0.2, 0) is 10.8 Å². The van der Waals surface area contributed by atoms with E-state index < -0.39 is 7.54 Å². The minimum absolute atomic E-state index is 0.00336. The van der Waals surface area contributed by atoms with Gasteiger partial charge >= 0.3 is 7.54 Å². The second-order valence-electron chi connectivity index (χ2n) is 10.1. The molecule has 0 radical (unpaired) electrons. The van der Waals surface area contributed by atoms with E-state index in [1.165, 1.54) is 44.7 Å². The third kappa shape index (κ3) is 4.20. The van der Waals surface area contributed by atoms with Gasteiger partial charge in [0.15, 0.2) is 5.71 Å². The second kappa shape index (κ2) is 9.06. The van der Waals surface area contributed by atoms with Gasteiger partial charge in [0.1, 0.15) is 7.05 Å². The first-order valence-electron chi connectivity index (χ1n) is 11.8. The summed E-state index contributed by atoms with van der Waals surface area (Å²) in [5.74, 6) is 0. The molecule has 0 bridgehead atoms. The molecule has 0 aliphatic carbocycles. The number of hydrogen-bond donors (Lipinski definition) is 0. The Balaban J connectivity index is 0.000000672. The summed E-state index contributed by atoms with van der Waals surface area (Å²) < 4.78 is 31.4. The first-order chi connectivity index (χ1) is 16.5. The number of likely N-dealkylation sites (N-methyl/N-ethyl adjacent to an activating group) is 1. The average Bonchev–Trinajstić information content (AvgIpc) is 3.12. The Morgan fingerprint density at radius 1 is 0.857 bits per heavy atom. The summed E-state index contributed by atoms with van der Waals surface area (Å²) in [6.45, 7) is 9.32. The summed E-state index contributed by atoms with van der Waals surface area (Å²) in [6, 6.07) is 22.0. The van der Waals surface area contributed by atoms with Gasteiger partial charge in [-0.3, -0.25) is 12.9 Å². The minimum Gasteiger partial charge on any atom is -0.347 e. The van der Waals surface area contributed by atoms with E-state index in [0.717, 1.165) is 0 Å². The van der Waals surface area contributed by atoms with Crippen LogP contribution in [0, 0.1) is 0 Å². The Morgan fingerprint density at radius 2 is 1.49 bits per heavy atom. The normalized spacial score (nSPS) is 18.7. The molecule has 0 saturated carbocycles. The maximum Gasteiger partial charge on any atom is 0.762 e. The lowest BCUT2D eigenvalue weighted by molar-refractivity contribution is -0.401. The zero-order chi connectivity index (χ0) is 25.5. The van der Waals surface area contributed by atoms with Crippen LogP contribution in [0.5, 0.6) is 0 Å². The number of para-hydroxylation sites is 1. The quantitative estimate of drug-likeness (QED) is 0.273. The fourth-order valence-corrected chi connectivity index (χ4v) is 5.73. The number of allylic oxidation sites excluding steroid dienone is 4. The Morgan fingerprint density at radius 3 is 2.17 bits per heavy atom. The molecule has 2 nitrogen and oxygen atoms in total. The third-order valence-electron chi connectivity index (χ3n) is 7.34. The van der Waals surface area contributed by atoms with Crippen LogP contribution in [-0.4, -0.2) is 31.9 Å². The highest BCUT2D eigenvalue weighted by Gasteiger charge is 2.44. The van der Waals surface area contributed by atoms with E-state index in [0.29, 0.717) is 0 Å². The smallest absolute Gasteiger partial charge is 0.347 e.